The van der Waals surface area contributed by atoms with E-state index in [0.29, 0.717) is 11.4 Å². The van der Waals surface area contributed by atoms with Crippen molar-refractivity contribution in [2.24, 2.45) is 0 Å². The van der Waals surface area contributed by atoms with Gasteiger partial charge < -0.3 is 14.6 Å². The van der Waals surface area contributed by atoms with Gasteiger partial charge in [0.2, 0.25) is 0 Å². The zero-order valence-electron chi connectivity index (χ0n) is 19.0. The fraction of sp³-hybridized carbons (Fsp3) is 0.148. The SMILES string of the molecule is CN(C)c1cccc2c(N(c3ccc(CCc4ccc(C(=O)O)cc4)cc3)S(=O)[O-])cccc12. The Morgan fingerprint density at radius 3 is 1.79 bits per heavy atom. The molecule has 0 saturated heterocycles. The number of aromatic carboxylic acids is 1. The summed E-state index contributed by atoms with van der Waals surface area (Å²) in [6.45, 7) is 0. The second-order valence-electron chi connectivity index (χ2n) is 8.22. The first kappa shape index (κ1) is 23.5. The highest BCUT2D eigenvalue weighted by Gasteiger charge is 2.15. The normalized spacial score (nSPS) is 11.9. The van der Waals surface area contributed by atoms with Crippen LogP contribution in [-0.4, -0.2) is 33.9 Å². The molecule has 0 radical (unpaired) electrons. The molecule has 0 spiro atoms. The van der Waals surface area contributed by atoms with E-state index in [0.717, 1.165) is 40.4 Å². The molecule has 0 bridgehead atoms. The molecule has 0 amide bonds. The Morgan fingerprint density at radius 1 is 0.794 bits per heavy atom. The Morgan fingerprint density at radius 2 is 1.29 bits per heavy atom. The molecule has 0 aliphatic heterocycles. The van der Waals surface area contributed by atoms with Gasteiger partial charge in [0.1, 0.15) is 0 Å². The largest absolute Gasteiger partial charge is 0.755 e. The van der Waals surface area contributed by atoms with Crippen molar-refractivity contribution in [1.82, 2.24) is 0 Å². The number of aryl methyl sites for hydroxylation is 2. The minimum Gasteiger partial charge on any atom is -0.755 e. The summed E-state index contributed by atoms with van der Waals surface area (Å²) in [5.41, 5.74) is 4.55. The maximum absolute atomic E-state index is 12.3. The number of hydrogen-bond acceptors (Lipinski definition) is 4. The van der Waals surface area contributed by atoms with Crippen LogP contribution < -0.4 is 9.21 Å². The van der Waals surface area contributed by atoms with Crippen LogP contribution >= 0.6 is 0 Å². The average molecular weight is 474 g/mol. The third kappa shape index (κ3) is 4.95. The molecule has 0 aliphatic rings. The highest BCUT2D eigenvalue weighted by atomic mass is 32.2. The van der Waals surface area contributed by atoms with Crippen LogP contribution in [0.2, 0.25) is 0 Å². The van der Waals surface area contributed by atoms with Crippen molar-refractivity contribution in [2.75, 3.05) is 23.3 Å². The number of anilines is 3. The Balaban J connectivity index is 1.58. The predicted octanol–water partition coefficient (Wildman–Crippen LogP) is 5.32. The van der Waals surface area contributed by atoms with Crippen molar-refractivity contribution < 1.29 is 18.7 Å². The number of carboxylic acids is 1. The molecule has 0 aromatic heterocycles. The maximum atomic E-state index is 12.3. The Bertz CT molecular complexity index is 1340. The quantitative estimate of drug-likeness (QED) is 0.350. The van der Waals surface area contributed by atoms with E-state index in [1.54, 1.807) is 12.1 Å². The van der Waals surface area contributed by atoms with Crippen molar-refractivity contribution in [1.29, 1.82) is 0 Å². The number of carboxylic acid groups (broad SMARTS) is 1. The van der Waals surface area contributed by atoms with Gasteiger partial charge in [0, 0.05) is 30.6 Å². The number of carbonyl (C=O) groups is 1. The topological polar surface area (TPSA) is 83.9 Å². The molecule has 174 valence electrons. The number of nitrogens with zero attached hydrogens (tertiary/aromatic N) is 2. The summed E-state index contributed by atoms with van der Waals surface area (Å²) in [6.07, 6.45) is 1.51. The van der Waals surface area contributed by atoms with E-state index in [-0.39, 0.29) is 5.56 Å². The molecule has 34 heavy (non-hydrogen) atoms. The third-order valence-electron chi connectivity index (χ3n) is 5.80. The summed E-state index contributed by atoms with van der Waals surface area (Å²) in [7, 11) is 3.93. The fourth-order valence-corrected chi connectivity index (χ4v) is 4.66. The van der Waals surface area contributed by atoms with E-state index in [4.69, 9.17) is 5.11 Å². The zero-order valence-corrected chi connectivity index (χ0v) is 19.8. The van der Waals surface area contributed by atoms with Gasteiger partial charge in [0.25, 0.3) is 0 Å². The minimum atomic E-state index is -2.50. The summed E-state index contributed by atoms with van der Waals surface area (Å²) >= 11 is -2.50. The molecular formula is C27H25N2O4S-. The monoisotopic (exact) mass is 473 g/mol. The number of benzene rings is 4. The van der Waals surface area contributed by atoms with Crippen molar-refractivity contribution in [3.63, 3.8) is 0 Å². The van der Waals surface area contributed by atoms with Gasteiger partial charge in [0.05, 0.1) is 28.2 Å². The lowest BCUT2D eigenvalue weighted by atomic mass is 10.0. The molecule has 1 atom stereocenters. The van der Waals surface area contributed by atoms with E-state index in [1.165, 1.54) is 4.31 Å². The summed E-state index contributed by atoms with van der Waals surface area (Å²) in [5, 5.41) is 10.9. The van der Waals surface area contributed by atoms with Gasteiger partial charge in [-0.05, 0) is 60.4 Å². The van der Waals surface area contributed by atoms with Crippen LogP contribution in [-0.2, 0) is 24.1 Å². The molecule has 4 aromatic carbocycles. The van der Waals surface area contributed by atoms with Crippen molar-refractivity contribution in [3.8, 4) is 0 Å². The summed E-state index contributed by atoms with van der Waals surface area (Å²) in [4.78, 5) is 13.0. The standard InChI is InChI=1S/C27H26N2O4S/c1-28(2)25-7-3-6-24-23(25)5-4-8-26(24)29(34(32)33)22-17-13-20(14-18-22)10-9-19-11-15-21(16-12-19)27(30)31/h3-8,11-18H,9-10H2,1-2H3,(H,30,31)(H,32,33)/p-1. The van der Waals surface area contributed by atoms with Crippen LogP contribution in [0, 0.1) is 0 Å². The van der Waals surface area contributed by atoms with Gasteiger partial charge in [-0.15, -0.1) is 0 Å². The second kappa shape index (κ2) is 10.1. The van der Waals surface area contributed by atoms with Gasteiger partial charge in [-0.25, -0.2) is 4.79 Å². The summed E-state index contributed by atoms with van der Waals surface area (Å²) < 4.78 is 25.9. The van der Waals surface area contributed by atoms with Crippen LogP contribution in [0.4, 0.5) is 17.1 Å². The van der Waals surface area contributed by atoms with E-state index < -0.39 is 17.2 Å². The lowest BCUT2D eigenvalue weighted by Gasteiger charge is -2.28. The molecule has 0 saturated carbocycles. The highest BCUT2D eigenvalue weighted by molar-refractivity contribution is 7.81. The van der Waals surface area contributed by atoms with Gasteiger partial charge in [-0.1, -0.05) is 48.5 Å². The van der Waals surface area contributed by atoms with E-state index in [1.807, 2.05) is 91.8 Å². The van der Waals surface area contributed by atoms with E-state index in [9.17, 15) is 13.6 Å². The Kier molecular flexibility index (Phi) is 6.95. The van der Waals surface area contributed by atoms with Crippen LogP contribution in [0.25, 0.3) is 10.8 Å². The van der Waals surface area contributed by atoms with Gasteiger partial charge >= 0.3 is 5.97 Å². The molecule has 4 rings (SSSR count). The molecule has 1 N–H and O–H groups in total. The minimum absolute atomic E-state index is 0.268. The van der Waals surface area contributed by atoms with Crippen LogP contribution in [0.5, 0.6) is 0 Å². The van der Waals surface area contributed by atoms with Crippen molar-refractivity contribution in [2.45, 2.75) is 12.8 Å². The molecule has 0 aliphatic carbocycles. The van der Waals surface area contributed by atoms with Gasteiger partial charge in [-0.3, -0.25) is 8.51 Å². The molecule has 6 nitrogen and oxygen atoms in total. The Hall–Kier alpha value is -3.68. The average Bonchev–Trinajstić information content (AvgIpc) is 2.83. The van der Waals surface area contributed by atoms with Crippen LogP contribution in [0.1, 0.15) is 21.5 Å². The second-order valence-corrected chi connectivity index (χ2v) is 9.02. The van der Waals surface area contributed by atoms with Crippen LogP contribution in [0.15, 0.2) is 84.9 Å². The smallest absolute Gasteiger partial charge is 0.335 e. The number of fused-ring (bicyclic) bond motifs is 1. The first-order chi connectivity index (χ1) is 16.3. The molecule has 0 fully saturated rings. The maximum Gasteiger partial charge on any atom is 0.335 e. The third-order valence-corrected chi connectivity index (χ3v) is 6.51. The fourth-order valence-electron chi connectivity index (χ4n) is 4.05. The highest BCUT2D eigenvalue weighted by Crippen LogP contribution is 2.36. The molecule has 4 aromatic rings. The lowest BCUT2D eigenvalue weighted by molar-refractivity contribution is 0.0697. The number of hydrogen-bond donors (Lipinski definition) is 1. The first-order valence-corrected chi connectivity index (χ1v) is 11.9. The first-order valence-electron chi connectivity index (χ1n) is 10.8. The molecule has 0 heterocycles. The van der Waals surface area contributed by atoms with Gasteiger partial charge in [-0.2, -0.15) is 0 Å². The van der Waals surface area contributed by atoms with Gasteiger partial charge in [0.15, 0.2) is 0 Å². The van der Waals surface area contributed by atoms with E-state index >= 15 is 0 Å². The lowest BCUT2D eigenvalue weighted by Crippen LogP contribution is -2.20. The molecular weight excluding hydrogens is 448 g/mol. The van der Waals surface area contributed by atoms with Crippen molar-refractivity contribution in [3.05, 3.63) is 102 Å². The Labute approximate surface area is 201 Å². The number of rotatable bonds is 8. The van der Waals surface area contributed by atoms with Crippen LogP contribution in [0.3, 0.4) is 0 Å². The predicted molar refractivity (Wildman–Crippen MR) is 137 cm³/mol. The van der Waals surface area contributed by atoms with Crippen molar-refractivity contribution >= 4 is 45.1 Å². The molecule has 1 unspecified atom stereocenters. The summed E-state index contributed by atoms with van der Waals surface area (Å²) in [5.74, 6) is -0.938. The zero-order chi connectivity index (χ0) is 24.2. The molecule has 7 heteroatoms. The summed E-state index contributed by atoms with van der Waals surface area (Å²) in [6, 6.07) is 25.9. The van der Waals surface area contributed by atoms with E-state index in [2.05, 4.69) is 0 Å².